The third-order valence-electron chi connectivity index (χ3n) is 16.2. The van der Waals surface area contributed by atoms with Crippen molar-refractivity contribution in [3.8, 4) is 0 Å². The number of halogens is 1. The fourth-order valence-electron chi connectivity index (χ4n) is 10.8. The van der Waals surface area contributed by atoms with E-state index < -0.39 is 162 Å². The van der Waals surface area contributed by atoms with Crippen LogP contribution >= 0.6 is 22.4 Å². The Bertz CT molecular complexity index is 4000. The molecular formula is C77H133BClN15NaO29S3. The first-order chi connectivity index (χ1) is 56.8. The molecule has 3 radical (unpaired) electrons. The van der Waals surface area contributed by atoms with Crippen LogP contribution in [0.4, 0.5) is 28.8 Å². The Morgan fingerprint density at radius 3 is 1.11 bits per heavy atom. The molecule has 8 rings (SSSR count). The fourth-order valence-corrected chi connectivity index (χ4v) is 12.5. The zero-order valence-electron chi connectivity index (χ0n) is 76.0. The SMILES string of the molecule is C.CC(C)(C)OC(=O)N1CC[C@H](O)[C@@H]1C(=O)O.CC(C)(C)OC(=O)N1CC[C@H](O)[C@@H]1CN=[N+]=[N-].CC(C)(C)OC(=O)N1CC[C@H](O)[C@@H]1CO.CC(C)(C)OC(=O)OC(=O)OC(C)(C)C.CSC.Cc1ccc(S(=O)(=O)Cl)cc1.Cc1ccc(S(=O)(=O)OC[C@H]2[C@@H](O)CCN2C(=O)OC(C)(C)C)cc1.O=C(O)[C@@H]1NCC[C@@H]1O.[B].[N-]=[N+]=NC[C@@H]1NCC[C@@H]1O.[N-]=[N+]=[N-].[Na+]. The van der Waals surface area contributed by atoms with Crippen molar-refractivity contribution in [3.05, 3.63) is 96.5 Å². The molecule has 127 heavy (non-hydrogen) atoms. The first-order valence-electron chi connectivity index (χ1n) is 38.9. The Hall–Kier alpha value is -7.67. The number of carbonyl (C=O) groups is 8. The number of carbonyl (C=O) groups excluding carboxylic acids is 6. The largest absolute Gasteiger partial charge is 1.00 e. The zero-order valence-corrected chi connectivity index (χ0v) is 81.2. The number of benzene rings is 2. The number of aliphatic carboxylic acids is 2. The van der Waals surface area contributed by atoms with Crippen molar-refractivity contribution in [1.29, 1.82) is 0 Å². The Morgan fingerprint density at radius 2 is 0.795 bits per heavy atom. The molecule has 719 valence electrons. The Labute approximate surface area is 777 Å². The maximum atomic E-state index is 12.3. The van der Waals surface area contributed by atoms with E-state index in [1.807, 2.05) is 26.4 Å². The van der Waals surface area contributed by atoms with Crippen LogP contribution in [0.2, 0.25) is 0 Å². The standard InChI is InChI=1S/C17H25NO6S.C10H18N4O3.C10H17NO5.C10H19NO4.C10H18O5.C7H7ClO2S.C5H10N4O.C5H9NO3.C2H6S.CH4.B.N3.Na/c1-12-5-7-13(8-6-12)25(21,22)23-11-14-15(19)9-10-18(14)16(20)24-17(2,3)4;1-10(2,3)17-9(16)14-5-4-8(15)7(14)6-12-13-11;1-10(2,3)16-9(15)11-5-4-6(12)7(11)8(13)14;1-10(2,3)15-9(14)11-5-4-8(13)7(11)6-12;1-9(2,3)14-7(11)13-8(12)15-10(4,5)6;1-6-2-4-7(5-3-6)11(8,9)10;6-9-8-3-4-5(10)1-2-7-4;7-3-1-2-6-4(3)5(8)9;1-3-2;;;1-3-2;/h5-8,14-15,19H,9-11H2,1-4H3;7-8,15H,4-6H2,1-3H3;6-7,12H,4-5H2,1-3H3,(H,13,14);7-8,12-13H,4-6H2,1-3H3;1-6H3;2-5H,1H3;4-5,7,10H,1-3H2;3-4,6-7H,1-2H2,(H,8,9);1-2H3;1H4;;;/q;;;;;;;;;;;-1;+1/t14-,15-;7-,8-;6-,7+;7-,8-;;;4-,5-;3-,4+;;;;;/m0000..00...../s1. The number of thioether (sulfide) groups is 1. The quantitative estimate of drug-likeness (QED) is 0.0115. The molecular weight excluding hydrogens is 1760 g/mol. The number of rotatable bonds is 12. The van der Waals surface area contributed by atoms with Gasteiger partial charge in [-0.2, -0.15) is 20.2 Å². The molecule has 11 N–H and O–H groups in total. The average Bonchev–Trinajstić information content (AvgIpc) is 1.71. The van der Waals surface area contributed by atoms with Crippen LogP contribution in [0.1, 0.15) is 182 Å². The van der Waals surface area contributed by atoms with Gasteiger partial charge >= 0.3 is 78.2 Å². The zero-order chi connectivity index (χ0) is 96.5. The Balaban J connectivity index is -0.000000448. The van der Waals surface area contributed by atoms with Crippen LogP contribution < -0.4 is 40.2 Å². The smallest absolute Gasteiger partial charge is 0.480 e. The molecule has 6 heterocycles. The summed E-state index contributed by atoms with van der Waals surface area (Å²) in [5, 5.41) is 95.6. The third kappa shape index (κ3) is 55.2. The van der Waals surface area contributed by atoms with Gasteiger partial charge in [-0.05, 0) is 238 Å². The topological polar surface area (TPSA) is 654 Å². The molecule has 6 fully saturated rings. The minimum absolute atomic E-state index is 0. The minimum atomic E-state index is -3.96. The normalized spacial score (nSPS) is 21.4. The summed E-state index contributed by atoms with van der Waals surface area (Å²) in [7, 11) is -2.43. The molecule has 4 amide bonds. The Kier molecular flexibility index (Phi) is 60.7. The molecule has 2 aromatic rings. The van der Waals surface area contributed by atoms with E-state index >= 15 is 0 Å². The molecule has 0 aromatic heterocycles. The van der Waals surface area contributed by atoms with E-state index in [1.165, 1.54) is 43.9 Å². The van der Waals surface area contributed by atoms with Crippen molar-refractivity contribution in [2.45, 2.75) is 301 Å². The number of amides is 4. The van der Waals surface area contributed by atoms with Crippen molar-refractivity contribution < 1.29 is 168 Å². The van der Waals surface area contributed by atoms with Crippen LogP contribution in [-0.4, -0.2) is 324 Å². The van der Waals surface area contributed by atoms with Crippen LogP contribution in [0.5, 0.6) is 0 Å². The number of nitrogens with zero attached hydrogens (tertiary/aromatic N) is 13. The molecule has 12 atom stereocenters. The molecule has 0 unspecified atom stereocenters. The van der Waals surface area contributed by atoms with Gasteiger partial charge in [-0.15, -0.1) is 0 Å². The molecule has 0 spiro atoms. The number of azide groups is 2. The molecule has 0 bridgehead atoms. The van der Waals surface area contributed by atoms with Crippen molar-refractivity contribution in [1.82, 2.24) is 30.2 Å². The van der Waals surface area contributed by atoms with Gasteiger partial charge in [0.2, 0.25) is 0 Å². The van der Waals surface area contributed by atoms with Crippen LogP contribution in [0.25, 0.3) is 36.9 Å². The molecule has 0 saturated carbocycles. The predicted molar refractivity (Wildman–Crippen MR) is 469 cm³/mol. The summed E-state index contributed by atoms with van der Waals surface area (Å²) in [6.45, 7) is 37.4. The molecule has 6 aliphatic rings. The predicted octanol–water partition coefficient (Wildman–Crippen LogP) is 7.24. The van der Waals surface area contributed by atoms with E-state index in [1.54, 1.807) is 161 Å². The second-order valence-electron chi connectivity index (χ2n) is 34.0. The van der Waals surface area contributed by atoms with Gasteiger partial charge in [0.15, 0.2) is 6.04 Å². The maximum absolute atomic E-state index is 12.3. The van der Waals surface area contributed by atoms with Gasteiger partial charge < -0.3 is 116 Å². The number of aryl methyl sites for hydroxylation is 2. The number of aliphatic hydroxyl groups is 7. The van der Waals surface area contributed by atoms with Gasteiger partial charge in [-0.3, -0.25) is 18.8 Å². The number of hydrogen-bond donors (Lipinski definition) is 11. The molecule has 6 saturated heterocycles. The number of carboxylic acids is 2. The summed E-state index contributed by atoms with van der Waals surface area (Å²) < 4.78 is 85.6. The fraction of sp³-hybridized carbons (Fsp3) is 0.740. The molecule has 6 aliphatic heterocycles. The van der Waals surface area contributed by atoms with E-state index in [2.05, 4.69) is 35.4 Å². The number of nitrogens with one attached hydrogen (secondary N) is 2. The third-order valence-corrected chi connectivity index (χ3v) is 18.9. The number of carboxylic acid groups (broad SMARTS) is 2. The van der Waals surface area contributed by atoms with Gasteiger partial charge in [0, 0.05) is 74.2 Å². The van der Waals surface area contributed by atoms with Crippen molar-refractivity contribution in [2.24, 2.45) is 10.2 Å². The van der Waals surface area contributed by atoms with Crippen LogP contribution in [0.15, 0.2) is 68.6 Å². The molecule has 0 aliphatic carbocycles. The minimum Gasteiger partial charge on any atom is -0.480 e. The second-order valence-corrected chi connectivity index (χ2v) is 39.0. The van der Waals surface area contributed by atoms with E-state index in [0.717, 1.165) is 29.0 Å². The summed E-state index contributed by atoms with van der Waals surface area (Å²) in [6.07, 6.45) is -1.65. The maximum Gasteiger partial charge on any atom is 1.00 e. The summed E-state index contributed by atoms with van der Waals surface area (Å²) in [5.74, 6) is -2.18. The van der Waals surface area contributed by atoms with Crippen molar-refractivity contribution >= 4 is 98.6 Å². The van der Waals surface area contributed by atoms with Crippen LogP contribution in [-0.2, 0) is 66.1 Å². The van der Waals surface area contributed by atoms with Gasteiger partial charge in [-0.25, -0.2) is 42.0 Å². The molecule has 44 nitrogen and oxygen atoms in total. The molecule has 50 heteroatoms. The summed E-state index contributed by atoms with van der Waals surface area (Å²) in [4.78, 5) is 103. The summed E-state index contributed by atoms with van der Waals surface area (Å²) >= 11 is 1.75. The number of likely N-dealkylation sites (tertiary alicyclic amines) is 4. The van der Waals surface area contributed by atoms with E-state index in [9.17, 15) is 75.6 Å². The monoisotopic (exact) mass is 1900 g/mol. The Morgan fingerprint density at radius 1 is 0.480 bits per heavy atom. The molecule has 2 aromatic carbocycles. The first-order valence-corrected chi connectivity index (χ1v) is 44.3. The number of ether oxygens (including phenoxy) is 7. The van der Waals surface area contributed by atoms with E-state index in [4.69, 9.17) is 90.9 Å². The van der Waals surface area contributed by atoms with Gasteiger partial charge in [-0.1, -0.05) is 53.0 Å². The number of aliphatic hydroxyl groups excluding tert-OH is 7. The van der Waals surface area contributed by atoms with Gasteiger partial charge in [0.1, 0.15) is 39.6 Å². The van der Waals surface area contributed by atoms with Crippen molar-refractivity contribution in [2.75, 3.05) is 78.1 Å². The summed E-state index contributed by atoms with van der Waals surface area (Å²) in [5.41, 5.74) is 27.8. The van der Waals surface area contributed by atoms with Crippen LogP contribution in [0, 0.1) is 13.8 Å². The van der Waals surface area contributed by atoms with E-state index in [-0.39, 0.29) is 107 Å². The van der Waals surface area contributed by atoms with Gasteiger partial charge in [0.05, 0.1) is 77.8 Å². The van der Waals surface area contributed by atoms with Crippen LogP contribution in [0.3, 0.4) is 0 Å². The van der Waals surface area contributed by atoms with Gasteiger partial charge in [0.25, 0.3) is 19.2 Å². The number of hydrogen-bond acceptors (Lipinski definition) is 32. The first kappa shape index (κ1) is 128. The second kappa shape index (κ2) is 60.3. The summed E-state index contributed by atoms with van der Waals surface area (Å²) in [6, 6.07) is 8.88. The van der Waals surface area contributed by atoms with E-state index in [0.29, 0.717) is 51.9 Å². The average molecular weight is 1900 g/mol. The van der Waals surface area contributed by atoms with Crippen molar-refractivity contribution in [3.63, 3.8) is 0 Å².